The highest BCUT2D eigenvalue weighted by Crippen LogP contribution is 2.44. The molecule has 1 aliphatic rings. The van der Waals surface area contributed by atoms with Crippen LogP contribution in [0.3, 0.4) is 0 Å². The molecule has 1 saturated heterocycles. The Labute approximate surface area is 184 Å². The third kappa shape index (κ3) is 3.23. The van der Waals surface area contributed by atoms with Crippen molar-refractivity contribution in [3.63, 3.8) is 0 Å². The third-order valence-corrected chi connectivity index (χ3v) is 6.13. The third-order valence-electron chi connectivity index (χ3n) is 5.11. The van der Waals surface area contributed by atoms with Crippen LogP contribution in [0.5, 0.6) is 0 Å². The van der Waals surface area contributed by atoms with Crippen molar-refractivity contribution in [3.05, 3.63) is 95.3 Å². The maximum Gasteiger partial charge on any atom is 0.301 e. The summed E-state index contributed by atoms with van der Waals surface area (Å²) >= 11 is 1.04. The molecule has 1 atom stereocenters. The quantitative estimate of drug-likeness (QED) is 0.281. The average molecular weight is 449 g/mol. The van der Waals surface area contributed by atoms with Gasteiger partial charge in [0.15, 0.2) is 5.13 Å². The van der Waals surface area contributed by atoms with Gasteiger partial charge in [0.1, 0.15) is 17.4 Å². The Kier molecular flexibility index (Phi) is 4.75. The second kappa shape index (κ2) is 7.61. The molecule has 0 spiro atoms. The largest absolute Gasteiger partial charge is 0.507 e. The van der Waals surface area contributed by atoms with E-state index in [1.54, 1.807) is 12.1 Å². The van der Waals surface area contributed by atoms with E-state index in [2.05, 4.69) is 9.97 Å². The van der Waals surface area contributed by atoms with Crippen LogP contribution >= 0.6 is 11.3 Å². The summed E-state index contributed by atoms with van der Waals surface area (Å²) in [5, 5.41) is 11.1. The lowest BCUT2D eigenvalue weighted by atomic mass is 9.96. The van der Waals surface area contributed by atoms with Crippen molar-refractivity contribution >= 4 is 44.1 Å². The lowest BCUT2D eigenvalue weighted by Gasteiger charge is -2.22. The lowest BCUT2D eigenvalue weighted by molar-refractivity contribution is -0.132. The molecule has 0 radical (unpaired) electrons. The van der Waals surface area contributed by atoms with E-state index in [1.807, 2.05) is 0 Å². The van der Waals surface area contributed by atoms with Gasteiger partial charge in [-0.05, 0) is 48.0 Å². The topological polar surface area (TPSA) is 83.4 Å². The molecule has 4 aromatic rings. The van der Waals surface area contributed by atoms with E-state index in [1.165, 1.54) is 54.9 Å². The summed E-state index contributed by atoms with van der Waals surface area (Å²) in [6, 6.07) is 11.4. The van der Waals surface area contributed by atoms with Crippen LogP contribution in [0.2, 0.25) is 0 Å². The standard InChI is InChI=1S/C23H13F2N3O3S/c24-14-5-3-12(4-6-14)19-18(20(29)13-2-1-9-26-11-13)21(30)22(31)28(19)23-27-16-8-7-15(25)10-17(16)32-23/h1-11,19,29H/b20-18+. The van der Waals surface area contributed by atoms with Gasteiger partial charge in [0.2, 0.25) is 0 Å². The van der Waals surface area contributed by atoms with E-state index >= 15 is 0 Å². The van der Waals surface area contributed by atoms with Gasteiger partial charge < -0.3 is 5.11 Å². The van der Waals surface area contributed by atoms with E-state index in [4.69, 9.17) is 0 Å². The highest BCUT2D eigenvalue weighted by molar-refractivity contribution is 7.22. The van der Waals surface area contributed by atoms with Crippen LogP contribution in [0.1, 0.15) is 17.2 Å². The molecule has 158 valence electrons. The van der Waals surface area contributed by atoms with Crippen LogP contribution in [-0.4, -0.2) is 26.8 Å². The Hall–Kier alpha value is -3.98. The maximum atomic E-state index is 13.7. The second-order valence-electron chi connectivity index (χ2n) is 7.07. The zero-order valence-electron chi connectivity index (χ0n) is 16.2. The number of halogens is 2. The minimum atomic E-state index is -1.05. The van der Waals surface area contributed by atoms with Crippen LogP contribution in [0, 0.1) is 11.6 Å². The zero-order valence-corrected chi connectivity index (χ0v) is 17.0. The molecule has 32 heavy (non-hydrogen) atoms. The van der Waals surface area contributed by atoms with Crippen molar-refractivity contribution in [2.24, 2.45) is 0 Å². The molecule has 1 fully saturated rings. The number of fused-ring (bicyclic) bond motifs is 1. The summed E-state index contributed by atoms with van der Waals surface area (Å²) in [7, 11) is 0. The molecule has 2 aromatic carbocycles. The van der Waals surface area contributed by atoms with Crippen molar-refractivity contribution in [2.45, 2.75) is 6.04 Å². The number of aromatic nitrogens is 2. The van der Waals surface area contributed by atoms with E-state index in [-0.39, 0.29) is 16.3 Å². The van der Waals surface area contributed by atoms with Crippen molar-refractivity contribution < 1.29 is 23.5 Å². The summed E-state index contributed by atoms with van der Waals surface area (Å²) in [4.78, 5) is 35.6. The van der Waals surface area contributed by atoms with E-state index in [0.29, 0.717) is 15.8 Å². The Bertz CT molecular complexity index is 1400. The van der Waals surface area contributed by atoms with Crippen LogP contribution in [0.25, 0.3) is 16.0 Å². The van der Waals surface area contributed by atoms with Gasteiger partial charge in [-0.15, -0.1) is 0 Å². The van der Waals surface area contributed by atoms with Gasteiger partial charge in [0.05, 0.1) is 21.8 Å². The van der Waals surface area contributed by atoms with Crippen molar-refractivity contribution in [1.29, 1.82) is 0 Å². The van der Waals surface area contributed by atoms with E-state index < -0.39 is 35.1 Å². The molecule has 9 heteroatoms. The highest BCUT2D eigenvalue weighted by Gasteiger charge is 2.48. The Balaban J connectivity index is 1.73. The second-order valence-corrected chi connectivity index (χ2v) is 8.08. The number of aliphatic hydroxyl groups is 1. The minimum absolute atomic E-state index is 0.160. The number of benzene rings is 2. The molecule has 6 nitrogen and oxygen atoms in total. The molecule has 1 unspecified atom stereocenters. The molecule has 0 bridgehead atoms. The summed E-state index contributed by atoms with van der Waals surface area (Å²) in [5.74, 6) is -3.16. The van der Waals surface area contributed by atoms with Gasteiger partial charge in [-0.2, -0.15) is 0 Å². The molecular formula is C23H13F2N3O3S. The molecular weight excluding hydrogens is 436 g/mol. The van der Waals surface area contributed by atoms with Gasteiger partial charge in [0, 0.05) is 18.0 Å². The number of rotatable bonds is 3. The molecule has 1 amide bonds. The predicted molar refractivity (Wildman–Crippen MR) is 115 cm³/mol. The fourth-order valence-electron chi connectivity index (χ4n) is 3.64. The number of ketones is 1. The Morgan fingerprint density at radius 1 is 1.03 bits per heavy atom. The molecule has 5 rings (SSSR count). The molecule has 1 N–H and O–H groups in total. The first-order chi connectivity index (χ1) is 15.4. The SMILES string of the molecule is O=C1C(=O)N(c2nc3ccc(F)cc3s2)C(c2ccc(F)cc2)/C1=C(\O)c1cccnc1. The molecule has 3 heterocycles. The minimum Gasteiger partial charge on any atom is -0.507 e. The fraction of sp³-hybridized carbons (Fsp3) is 0.0435. The Morgan fingerprint density at radius 3 is 2.50 bits per heavy atom. The van der Waals surface area contributed by atoms with Crippen LogP contribution in [-0.2, 0) is 9.59 Å². The number of carbonyl (C=O) groups excluding carboxylic acids is 2. The lowest BCUT2D eigenvalue weighted by Crippen LogP contribution is -2.29. The van der Waals surface area contributed by atoms with Gasteiger partial charge in [-0.1, -0.05) is 23.5 Å². The van der Waals surface area contributed by atoms with Crippen molar-refractivity contribution in [3.8, 4) is 0 Å². The highest BCUT2D eigenvalue weighted by atomic mass is 32.1. The van der Waals surface area contributed by atoms with E-state index in [0.717, 1.165) is 16.2 Å². The number of hydrogen-bond acceptors (Lipinski definition) is 6. The fourth-order valence-corrected chi connectivity index (χ4v) is 4.66. The van der Waals surface area contributed by atoms with Crippen LogP contribution in [0.15, 0.2) is 72.6 Å². The first-order valence-corrected chi connectivity index (χ1v) is 10.3. The first kappa shape index (κ1) is 20.0. The molecule has 2 aromatic heterocycles. The Morgan fingerprint density at radius 2 is 1.78 bits per heavy atom. The average Bonchev–Trinajstić information content (AvgIpc) is 3.32. The number of thiazole rings is 1. The number of amides is 1. The van der Waals surface area contributed by atoms with Gasteiger partial charge in [-0.25, -0.2) is 13.8 Å². The molecule has 0 saturated carbocycles. The normalized spacial score (nSPS) is 17.9. The number of hydrogen-bond donors (Lipinski definition) is 1. The van der Waals surface area contributed by atoms with Crippen LogP contribution in [0.4, 0.5) is 13.9 Å². The van der Waals surface area contributed by atoms with Gasteiger partial charge in [-0.3, -0.25) is 19.5 Å². The summed E-state index contributed by atoms with van der Waals surface area (Å²) in [6.07, 6.45) is 2.87. The number of anilines is 1. The van der Waals surface area contributed by atoms with Crippen LogP contribution < -0.4 is 4.90 Å². The number of aliphatic hydroxyl groups excluding tert-OH is 1. The van der Waals surface area contributed by atoms with Gasteiger partial charge in [0.25, 0.3) is 5.78 Å². The van der Waals surface area contributed by atoms with E-state index in [9.17, 15) is 23.5 Å². The first-order valence-electron chi connectivity index (χ1n) is 9.47. The number of nitrogens with zero attached hydrogens (tertiary/aromatic N) is 3. The number of Topliss-reactive ketones (excluding diaryl/α,β-unsaturated/α-hetero) is 1. The monoisotopic (exact) mass is 449 g/mol. The molecule has 0 aliphatic carbocycles. The smallest absolute Gasteiger partial charge is 0.301 e. The van der Waals surface area contributed by atoms with Crippen molar-refractivity contribution in [2.75, 3.05) is 4.90 Å². The summed E-state index contributed by atoms with van der Waals surface area (Å²) < 4.78 is 27.7. The van der Waals surface area contributed by atoms with Gasteiger partial charge >= 0.3 is 5.91 Å². The zero-order chi connectivity index (χ0) is 22.4. The molecule has 1 aliphatic heterocycles. The number of carbonyl (C=O) groups is 2. The predicted octanol–water partition coefficient (Wildman–Crippen LogP) is 4.60. The summed E-state index contributed by atoms with van der Waals surface area (Å²) in [5.41, 5.74) is 0.948. The maximum absolute atomic E-state index is 13.7. The summed E-state index contributed by atoms with van der Waals surface area (Å²) in [6.45, 7) is 0. The number of pyridine rings is 1. The van der Waals surface area contributed by atoms with Crippen molar-refractivity contribution in [1.82, 2.24) is 9.97 Å².